The molecule has 0 radical (unpaired) electrons. The Balaban J connectivity index is 1.60. The second-order valence-electron chi connectivity index (χ2n) is 10.2. The minimum atomic E-state index is -0.413. The van der Waals surface area contributed by atoms with Gasteiger partial charge in [-0.15, -0.1) is 21.5 Å². The summed E-state index contributed by atoms with van der Waals surface area (Å²) in [5.74, 6) is 0.0504. The summed E-state index contributed by atoms with van der Waals surface area (Å²) in [4.78, 5) is 16.5. The molecule has 3 aliphatic rings. The number of thiophene rings is 1. The summed E-state index contributed by atoms with van der Waals surface area (Å²) in [6, 6.07) is 4.39. The molecule has 0 aromatic carbocycles. The van der Waals surface area contributed by atoms with Crippen LogP contribution in [0.5, 0.6) is 0 Å². The first-order chi connectivity index (χ1) is 16.3. The molecule has 34 heavy (non-hydrogen) atoms. The molecule has 0 saturated heterocycles. The fraction of sp³-hybridized carbons (Fsp3) is 0.520. The number of nitrogens with two attached hydrogens (primary N) is 1. The van der Waals surface area contributed by atoms with Crippen LogP contribution in [0, 0.1) is 23.7 Å². The molecule has 1 atom stereocenters. The van der Waals surface area contributed by atoms with Gasteiger partial charge in [-0.3, -0.25) is 9.69 Å². The number of anilines is 1. The first-order valence-corrected chi connectivity index (χ1v) is 14.4. The van der Waals surface area contributed by atoms with Gasteiger partial charge in [-0.2, -0.15) is 5.26 Å². The largest absolute Gasteiger partial charge is 0.384 e. The summed E-state index contributed by atoms with van der Waals surface area (Å²) < 4.78 is 0.924. The summed E-state index contributed by atoms with van der Waals surface area (Å²) >= 11 is 4.89. The monoisotopic (exact) mass is 511 g/mol. The standard InChI is InChI=1S/C25H29N5OS3/c1-14-9-10-32-21(14)19-16(13-26)22(27)30(17-11-25(2,3)12-18(31)20(17)19)23-28-29-24(34-23)33-15-7-5-4-6-8-15/h9-10,15,19H,4-8,11-12,27H2,1-3H3. The molecule has 1 fully saturated rings. The first-order valence-electron chi connectivity index (χ1n) is 11.8. The number of rotatable bonds is 4. The molecule has 1 unspecified atom stereocenters. The number of ketones is 1. The Labute approximate surface area is 212 Å². The molecule has 1 saturated carbocycles. The van der Waals surface area contributed by atoms with Crippen molar-refractivity contribution in [2.75, 3.05) is 4.90 Å². The zero-order valence-corrected chi connectivity index (χ0v) is 22.2. The lowest BCUT2D eigenvalue weighted by atomic mass is 9.69. The number of aryl methyl sites for hydroxylation is 1. The molecule has 6 nitrogen and oxygen atoms in total. The van der Waals surface area contributed by atoms with Crippen molar-refractivity contribution in [1.29, 1.82) is 5.26 Å². The van der Waals surface area contributed by atoms with Gasteiger partial charge in [-0.05, 0) is 48.6 Å². The van der Waals surface area contributed by atoms with E-state index in [1.165, 1.54) is 43.4 Å². The number of hydrogen-bond acceptors (Lipinski definition) is 9. The number of nitriles is 1. The van der Waals surface area contributed by atoms with Crippen LogP contribution in [0.1, 0.15) is 75.2 Å². The number of hydrogen-bond donors (Lipinski definition) is 1. The molecule has 0 spiro atoms. The SMILES string of the molecule is Cc1ccsc1C1C(C#N)=C(N)N(c2nnc(SC3CCCCC3)s2)C2=C1C(=O)CC(C)(C)C2. The topological polar surface area (TPSA) is 95.9 Å². The number of carbonyl (C=O) groups excluding carboxylic acids is 1. The average molecular weight is 512 g/mol. The van der Waals surface area contributed by atoms with Gasteiger partial charge in [0.2, 0.25) is 5.13 Å². The lowest BCUT2D eigenvalue weighted by Gasteiger charge is -2.42. The van der Waals surface area contributed by atoms with E-state index in [2.05, 4.69) is 30.1 Å². The molecule has 1 aliphatic heterocycles. The van der Waals surface area contributed by atoms with Crippen LogP contribution in [0.2, 0.25) is 0 Å². The predicted octanol–water partition coefficient (Wildman–Crippen LogP) is 6.27. The van der Waals surface area contributed by atoms with Gasteiger partial charge in [0.05, 0.1) is 17.6 Å². The summed E-state index contributed by atoms with van der Waals surface area (Å²) in [5, 5.41) is 22.4. The van der Waals surface area contributed by atoms with E-state index < -0.39 is 5.92 Å². The highest BCUT2D eigenvalue weighted by Gasteiger charge is 2.46. The van der Waals surface area contributed by atoms with E-state index in [0.29, 0.717) is 40.2 Å². The number of thioether (sulfide) groups is 1. The van der Waals surface area contributed by atoms with E-state index in [9.17, 15) is 10.1 Å². The molecule has 2 N–H and O–H groups in total. The van der Waals surface area contributed by atoms with Gasteiger partial charge >= 0.3 is 0 Å². The van der Waals surface area contributed by atoms with E-state index in [0.717, 1.165) is 20.5 Å². The van der Waals surface area contributed by atoms with Gasteiger partial charge in [-0.25, -0.2) is 0 Å². The van der Waals surface area contributed by atoms with E-state index >= 15 is 0 Å². The Morgan fingerprint density at radius 2 is 2.00 bits per heavy atom. The minimum absolute atomic E-state index is 0.0932. The molecular formula is C25H29N5OS3. The van der Waals surface area contributed by atoms with Crippen LogP contribution in [0.4, 0.5) is 5.13 Å². The maximum absolute atomic E-state index is 13.6. The fourth-order valence-corrected chi connectivity index (χ4v) is 8.77. The molecule has 3 heterocycles. The van der Waals surface area contributed by atoms with Crippen molar-refractivity contribution in [3.63, 3.8) is 0 Å². The summed E-state index contributed by atoms with van der Waals surface area (Å²) in [6.45, 7) is 6.26. The van der Waals surface area contributed by atoms with E-state index in [1.54, 1.807) is 23.1 Å². The fourth-order valence-electron chi connectivity index (χ4n) is 5.34. The van der Waals surface area contributed by atoms with E-state index in [4.69, 9.17) is 5.73 Å². The summed E-state index contributed by atoms with van der Waals surface area (Å²) in [6.07, 6.45) is 7.43. The van der Waals surface area contributed by atoms with Crippen molar-refractivity contribution in [3.05, 3.63) is 44.6 Å². The number of Topliss-reactive ketones (excluding diaryl/α,β-unsaturated/α-hetero) is 1. The normalized spacial score (nSPS) is 23.3. The Morgan fingerprint density at radius 1 is 1.24 bits per heavy atom. The quantitative estimate of drug-likeness (QED) is 0.516. The molecule has 0 amide bonds. The average Bonchev–Trinajstić information content (AvgIpc) is 3.41. The number of allylic oxidation sites excluding steroid dienone is 3. The maximum Gasteiger partial charge on any atom is 0.219 e. The Kier molecular flexibility index (Phi) is 6.34. The van der Waals surface area contributed by atoms with Crippen LogP contribution in [0.15, 0.2) is 38.5 Å². The van der Waals surface area contributed by atoms with Gasteiger partial charge in [0.25, 0.3) is 0 Å². The van der Waals surface area contributed by atoms with Gasteiger partial charge in [0.15, 0.2) is 10.1 Å². The van der Waals surface area contributed by atoms with Crippen molar-refractivity contribution in [1.82, 2.24) is 10.2 Å². The highest BCUT2D eigenvalue weighted by Crippen LogP contribution is 2.52. The highest BCUT2D eigenvalue weighted by atomic mass is 32.2. The number of nitrogens with zero attached hydrogens (tertiary/aromatic N) is 4. The zero-order valence-electron chi connectivity index (χ0n) is 19.8. The van der Waals surface area contributed by atoms with E-state index in [1.807, 2.05) is 23.3 Å². The van der Waals surface area contributed by atoms with Crippen LogP contribution in [0.3, 0.4) is 0 Å². The van der Waals surface area contributed by atoms with Crippen molar-refractivity contribution < 1.29 is 4.79 Å². The van der Waals surface area contributed by atoms with E-state index in [-0.39, 0.29) is 11.2 Å². The molecule has 0 bridgehead atoms. The third-order valence-electron chi connectivity index (χ3n) is 6.95. The maximum atomic E-state index is 13.6. The molecule has 2 aromatic rings. The first kappa shape index (κ1) is 23.6. The second-order valence-corrected chi connectivity index (χ2v) is 13.6. The van der Waals surface area contributed by atoms with Crippen molar-refractivity contribution in [2.45, 2.75) is 81.2 Å². The van der Waals surface area contributed by atoms with Crippen LogP contribution in [-0.2, 0) is 4.79 Å². The van der Waals surface area contributed by atoms with Crippen molar-refractivity contribution in [3.8, 4) is 6.07 Å². The molecule has 9 heteroatoms. The van der Waals surface area contributed by atoms with Crippen molar-refractivity contribution >= 4 is 45.4 Å². The third kappa shape index (κ3) is 4.21. The molecule has 2 aliphatic carbocycles. The van der Waals surface area contributed by atoms with Crippen LogP contribution >= 0.6 is 34.4 Å². The Morgan fingerprint density at radius 3 is 2.68 bits per heavy atom. The third-order valence-corrected chi connectivity index (χ3v) is 10.4. The lowest BCUT2D eigenvalue weighted by molar-refractivity contribution is -0.118. The lowest BCUT2D eigenvalue weighted by Crippen LogP contribution is -2.42. The van der Waals surface area contributed by atoms with Crippen LogP contribution in [0.25, 0.3) is 0 Å². The molecule has 178 valence electrons. The van der Waals surface area contributed by atoms with Gasteiger partial charge in [-0.1, -0.05) is 56.2 Å². The Bertz CT molecular complexity index is 1230. The number of aromatic nitrogens is 2. The predicted molar refractivity (Wildman–Crippen MR) is 139 cm³/mol. The van der Waals surface area contributed by atoms with Crippen molar-refractivity contribution in [2.24, 2.45) is 11.1 Å². The zero-order chi connectivity index (χ0) is 24.0. The molecule has 2 aromatic heterocycles. The minimum Gasteiger partial charge on any atom is -0.384 e. The van der Waals surface area contributed by atoms with Gasteiger partial charge in [0, 0.05) is 27.8 Å². The number of carbonyl (C=O) groups is 1. The van der Waals surface area contributed by atoms with Crippen LogP contribution in [-0.4, -0.2) is 21.2 Å². The summed E-state index contributed by atoms with van der Waals surface area (Å²) in [5.41, 5.74) is 9.61. The second kappa shape index (κ2) is 9.14. The van der Waals surface area contributed by atoms with Crippen LogP contribution < -0.4 is 10.6 Å². The van der Waals surface area contributed by atoms with Gasteiger partial charge in [0.1, 0.15) is 5.82 Å². The highest BCUT2D eigenvalue weighted by molar-refractivity contribution is 8.01. The Hall–Kier alpha value is -2.15. The molecular weight excluding hydrogens is 483 g/mol. The molecule has 5 rings (SSSR count). The van der Waals surface area contributed by atoms with Gasteiger partial charge < -0.3 is 5.73 Å². The summed E-state index contributed by atoms with van der Waals surface area (Å²) in [7, 11) is 0. The smallest absolute Gasteiger partial charge is 0.219 e.